The van der Waals surface area contributed by atoms with Crippen LogP contribution in [0.25, 0.3) is 0 Å². The van der Waals surface area contributed by atoms with Crippen molar-refractivity contribution < 1.29 is 23.1 Å². The van der Waals surface area contributed by atoms with Gasteiger partial charge in [0.1, 0.15) is 6.04 Å². The van der Waals surface area contributed by atoms with Crippen molar-refractivity contribution in [1.29, 1.82) is 0 Å². The Morgan fingerprint density at radius 3 is 2.81 bits per heavy atom. The molecule has 1 saturated heterocycles. The minimum atomic E-state index is -3.47. The van der Waals surface area contributed by atoms with Crippen molar-refractivity contribution in [2.24, 2.45) is 0 Å². The summed E-state index contributed by atoms with van der Waals surface area (Å²) in [7, 11) is -3.47. The Bertz CT molecular complexity index is 340. The van der Waals surface area contributed by atoms with Crippen molar-refractivity contribution >= 4 is 16.0 Å². The van der Waals surface area contributed by atoms with E-state index in [1.165, 1.54) is 0 Å². The van der Waals surface area contributed by atoms with Crippen LogP contribution in [0.5, 0.6) is 0 Å². The van der Waals surface area contributed by atoms with Gasteiger partial charge in [0.25, 0.3) is 0 Å². The number of unbranched alkanes of at least 4 members (excludes halogenated alkanes) is 1. The van der Waals surface area contributed by atoms with Crippen LogP contribution in [-0.2, 0) is 19.6 Å². The number of nitrogens with zero attached hydrogens (tertiary/aromatic N) is 1. The molecule has 1 aliphatic rings. The van der Waals surface area contributed by atoms with Gasteiger partial charge in [0, 0.05) is 6.54 Å². The third-order valence-corrected chi connectivity index (χ3v) is 4.43. The molecule has 0 aliphatic carbocycles. The van der Waals surface area contributed by atoms with E-state index in [9.17, 15) is 13.2 Å². The number of aliphatic carboxylic acids is 1. The van der Waals surface area contributed by atoms with Gasteiger partial charge >= 0.3 is 5.97 Å². The van der Waals surface area contributed by atoms with E-state index in [1.54, 1.807) is 0 Å². The molecule has 1 heterocycles. The van der Waals surface area contributed by atoms with Crippen molar-refractivity contribution in [2.45, 2.75) is 25.8 Å². The van der Waals surface area contributed by atoms with E-state index in [1.807, 2.05) is 6.92 Å². The quantitative estimate of drug-likeness (QED) is 0.737. The zero-order chi connectivity index (χ0) is 12.2. The summed E-state index contributed by atoms with van der Waals surface area (Å²) in [6, 6.07) is -1.07. The molecule has 0 bridgehead atoms. The first-order valence-corrected chi connectivity index (χ1v) is 6.90. The lowest BCUT2D eigenvalue weighted by Gasteiger charge is -2.31. The molecule has 6 nitrogen and oxygen atoms in total. The van der Waals surface area contributed by atoms with Gasteiger partial charge in [0.15, 0.2) is 0 Å². The number of ether oxygens (including phenoxy) is 1. The first kappa shape index (κ1) is 13.4. The van der Waals surface area contributed by atoms with Crippen molar-refractivity contribution in [3.05, 3.63) is 0 Å². The summed E-state index contributed by atoms with van der Waals surface area (Å²) in [5.74, 6) is -1.15. The molecule has 94 valence electrons. The standard InChI is InChI=1S/C9H17NO5S/c1-2-3-6-16(13,14)10-4-5-15-7-8(10)9(11)12/h8H,2-7H2,1H3,(H,11,12). The zero-order valence-electron chi connectivity index (χ0n) is 9.26. The van der Waals surface area contributed by atoms with Gasteiger partial charge in [0.05, 0.1) is 19.0 Å². The number of sulfonamides is 1. The minimum absolute atomic E-state index is 0.00722. The molecule has 0 aromatic carbocycles. The van der Waals surface area contributed by atoms with Crippen molar-refractivity contribution in [3.8, 4) is 0 Å². The Morgan fingerprint density at radius 2 is 2.25 bits per heavy atom. The van der Waals surface area contributed by atoms with E-state index < -0.39 is 22.0 Å². The number of rotatable bonds is 5. The predicted molar refractivity (Wildman–Crippen MR) is 57.6 cm³/mol. The van der Waals surface area contributed by atoms with E-state index in [4.69, 9.17) is 9.84 Å². The van der Waals surface area contributed by atoms with Crippen LogP contribution in [0.2, 0.25) is 0 Å². The van der Waals surface area contributed by atoms with Gasteiger partial charge in [0.2, 0.25) is 10.0 Å². The number of morpholine rings is 1. The molecule has 0 saturated carbocycles. The molecule has 1 fully saturated rings. The topological polar surface area (TPSA) is 83.9 Å². The maximum absolute atomic E-state index is 11.9. The van der Waals surface area contributed by atoms with Crippen LogP contribution >= 0.6 is 0 Å². The molecule has 0 spiro atoms. The highest BCUT2D eigenvalue weighted by molar-refractivity contribution is 7.89. The fourth-order valence-electron chi connectivity index (χ4n) is 1.56. The lowest BCUT2D eigenvalue weighted by Crippen LogP contribution is -2.53. The minimum Gasteiger partial charge on any atom is -0.480 e. The Morgan fingerprint density at radius 1 is 1.56 bits per heavy atom. The summed E-state index contributed by atoms with van der Waals surface area (Å²) < 4.78 is 29.8. The van der Waals surface area contributed by atoms with Gasteiger partial charge in [-0.05, 0) is 6.42 Å². The maximum Gasteiger partial charge on any atom is 0.324 e. The summed E-state index contributed by atoms with van der Waals surface area (Å²) >= 11 is 0. The van der Waals surface area contributed by atoms with Crippen LogP contribution in [-0.4, -0.2) is 55.4 Å². The van der Waals surface area contributed by atoms with Crippen molar-refractivity contribution in [1.82, 2.24) is 4.31 Å². The van der Waals surface area contributed by atoms with Crippen LogP contribution in [0.3, 0.4) is 0 Å². The highest BCUT2D eigenvalue weighted by Gasteiger charge is 2.36. The van der Waals surface area contributed by atoms with E-state index >= 15 is 0 Å². The Balaban J connectivity index is 2.78. The lowest BCUT2D eigenvalue weighted by molar-refractivity contribution is -0.146. The van der Waals surface area contributed by atoms with Gasteiger partial charge in [-0.25, -0.2) is 8.42 Å². The second-order valence-electron chi connectivity index (χ2n) is 3.71. The molecule has 7 heteroatoms. The van der Waals surface area contributed by atoms with Crippen LogP contribution in [0.4, 0.5) is 0 Å². The smallest absolute Gasteiger partial charge is 0.324 e. The van der Waals surface area contributed by atoms with Crippen LogP contribution < -0.4 is 0 Å². The molecule has 1 rings (SSSR count). The van der Waals surface area contributed by atoms with Gasteiger partial charge in [-0.2, -0.15) is 4.31 Å². The average molecular weight is 251 g/mol. The summed E-state index contributed by atoms with van der Waals surface area (Å²) in [5, 5.41) is 8.91. The second kappa shape index (κ2) is 5.60. The highest BCUT2D eigenvalue weighted by Crippen LogP contribution is 2.14. The average Bonchev–Trinajstić information content (AvgIpc) is 2.26. The first-order valence-electron chi connectivity index (χ1n) is 5.29. The fourth-order valence-corrected chi connectivity index (χ4v) is 3.34. The Kier molecular flexibility index (Phi) is 4.69. The van der Waals surface area contributed by atoms with Crippen LogP contribution in [0, 0.1) is 0 Å². The zero-order valence-corrected chi connectivity index (χ0v) is 10.1. The monoisotopic (exact) mass is 251 g/mol. The molecule has 16 heavy (non-hydrogen) atoms. The maximum atomic E-state index is 11.9. The van der Waals surface area contributed by atoms with Crippen molar-refractivity contribution in [2.75, 3.05) is 25.5 Å². The molecule has 1 atom stereocenters. The molecule has 0 radical (unpaired) electrons. The van der Waals surface area contributed by atoms with Gasteiger partial charge in [-0.15, -0.1) is 0 Å². The third-order valence-electron chi connectivity index (χ3n) is 2.48. The first-order chi connectivity index (χ1) is 7.49. The Labute approximate surface area is 95.2 Å². The second-order valence-corrected chi connectivity index (χ2v) is 5.75. The predicted octanol–water partition coefficient (Wildman–Crippen LogP) is -0.0983. The van der Waals surface area contributed by atoms with Crippen LogP contribution in [0.1, 0.15) is 19.8 Å². The molecule has 0 aromatic rings. The number of carbonyl (C=O) groups is 1. The molecule has 0 aromatic heterocycles. The van der Waals surface area contributed by atoms with E-state index in [0.29, 0.717) is 6.42 Å². The Hall–Kier alpha value is -0.660. The summed E-state index contributed by atoms with van der Waals surface area (Å²) in [5.41, 5.74) is 0. The molecule has 0 amide bonds. The number of carboxylic acids is 1. The summed E-state index contributed by atoms with van der Waals surface area (Å²) in [6.07, 6.45) is 1.31. The largest absolute Gasteiger partial charge is 0.480 e. The normalized spacial score (nSPS) is 23.2. The SMILES string of the molecule is CCCCS(=O)(=O)N1CCOCC1C(=O)O. The van der Waals surface area contributed by atoms with Gasteiger partial charge in [-0.3, -0.25) is 4.79 Å². The molecular formula is C9H17NO5S. The number of hydrogen-bond acceptors (Lipinski definition) is 4. The summed E-state index contributed by atoms with van der Waals surface area (Å²) in [6.45, 7) is 2.21. The third kappa shape index (κ3) is 3.16. The fraction of sp³-hybridized carbons (Fsp3) is 0.889. The van der Waals surface area contributed by atoms with E-state index in [-0.39, 0.29) is 25.5 Å². The van der Waals surface area contributed by atoms with Gasteiger partial charge < -0.3 is 9.84 Å². The number of carboxylic acid groups (broad SMARTS) is 1. The summed E-state index contributed by atoms with van der Waals surface area (Å²) in [4.78, 5) is 10.9. The molecule has 1 aliphatic heterocycles. The van der Waals surface area contributed by atoms with Gasteiger partial charge in [-0.1, -0.05) is 13.3 Å². The molecule has 1 unspecified atom stereocenters. The molecular weight excluding hydrogens is 234 g/mol. The molecule has 1 N–H and O–H groups in total. The van der Waals surface area contributed by atoms with E-state index in [0.717, 1.165) is 10.7 Å². The lowest BCUT2D eigenvalue weighted by atomic mass is 10.3. The highest BCUT2D eigenvalue weighted by atomic mass is 32.2. The van der Waals surface area contributed by atoms with Crippen molar-refractivity contribution in [3.63, 3.8) is 0 Å². The van der Waals surface area contributed by atoms with Crippen LogP contribution in [0.15, 0.2) is 0 Å². The van der Waals surface area contributed by atoms with E-state index in [2.05, 4.69) is 0 Å². The number of hydrogen-bond donors (Lipinski definition) is 1.